The minimum atomic E-state index is -3.26. The molecule has 0 aliphatic heterocycles. The van der Waals surface area contributed by atoms with Gasteiger partial charge in [-0.25, -0.2) is 0 Å². The molecule has 0 heterocycles. The molecule has 0 saturated heterocycles. The summed E-state index contributed by atoms with van der Waals surface area (Å²) in [6.45, 7) is 7.73. The molecule has 1 aromatic carbocycles. The van der Waals surface area contributed by atoms with Crippen molar-refractivity contribution in [2.45, 2.75) is 252 Å². The number of hydrogen-bond acceptors (Lipinski definition) is 4. The molecule has 5 heteroatoms. The van der Waals surface area contributed by atoms with Crippen LogP contribution < -0.4 is 0 Å². The van der Waals surface area contributed by atoms with Crippen LogP contribution in [0.15, 0.2) is 18.2 Å². The second-order valence-corrected chi connectivity index (χ2v) is 18.2. The zero-order chi connectivity index (χ0) is 37.6. The van der Waals surface area contributed by atoms with E-state index in [0.717, 1.165) is 56.1 Å². The minimum Gasteiger partial charge on any atom is -0.508 e. The Bertz CT molecular complexity index is 892. The van der Waals surface area contributed by atoms with Crippen LogP contribution in [0.1, 0.15) is 250 Å². The molecule has 0 radical (unpaired) electrons. The maximum Gasteiger partial charge on any atom is 0.335 e. The Morgan fingerprint density at radius 3 is 1.08 bits per heavy atom. The van der Waals surface area contributed by atoms with Crippen LogP contribution in [-0.4, -0.2) is 18.3 Å². The number of aromatic hydroxyl groups is 1. The molecule has 0 unspecified atom stereocenters. The van der Waals surface area contributed by atoms with Crippen molar-refractivity contribution in [1.82, 2.24) is 0 Å². The Balaban J connectivity index is 2.26. The number of rotatable bonds is 41. The Kier molecular flexibility index (Phi) is 35.1. The van der Waals surface area contributed by atoms with Crippen LogP contribution in [0.4, 0.5) is 0 Å². The van der Waals surface area contributed by atoms with Crippen molar-refractivity contribution in [3.05, 3.63) is 29.3 Å². The van der Waals surface area contributed by atoms with Gasteiger partial charge in [0.05, 0.1) is 19.4 Å². The number of benzene rings is 1. The van der Waals surface area contributed by atoms with Gasteiger partial charge in [0.2, 0.25) is 0 Å². The number of phenols is 1. The van der Waals surface area contributed by atoms with Gasteiger partial charge < -0.3 is 14.2 Å². The minimum absolute atomic E-state index is 0.282. The quantitative estimate of drug-likeness (QED) is 0.0535. The zero-order valence-corrected chi connectivity index (χ0v) is 36.1. The summed E-state index contributed by atoms with van der Waals surface area (Å²) in [5, 5.41) is 10.4. The third-order valence-electron chi connectivity index (χ3n) is 10.9. The maximum atomic E-state index is 14.0. The predicted octanol–water partition coefficient (Wildman–Crippen LogP) is 17.0. The molecular formula is C47H89O4P. The van der Waals surface area contributed by atoms with Crippen LogP contribution in [0.25, 0.3) is 0 Å². The molecule has 1 rings (SSSR count). The highest BCUT2D eigenvalue weighted by Gasteiger charge is 2.25. The smallest absolute Gasteiger partial charge is 0.335 e. The number of aryl methyl sites for hydroxylation is 1. The zero-order valence-electron chi connectivity index (χ0n) is 35.2. The summed E-state index contributed by atoms with van der Waals surface area (Å²) >= 11 is 0. The van der Waals surface area contributed by atoms with Crippen molar-refractivity contribution >= 4 is 7.60 Å². The molecule has 0 fully saturated rings. The van der Waals surface area contributed by atoms with Gasteiger partial charge in [0.15, 0.2) is 0 Å². The summed E-state index contributed by atoms with van der Waals surface area (Å²) in [5.41, 5.74) is 1.87. The molecule has 0 bridgehead atoms. The van der Waals surface area contributed by atoms with Gasteiger partial charge in [-0.05, 0) is 42.9 Å². The lowest BCUT2D eigenvalue weighted by atomic mass is 10.0. The lowest BCUT2D eigenvalue weighted by molar-refractivity contribution is 0.196. The van der Waals surface area contributed by atoms with Crippen molar-refractivity contribution in [3.63, 3.8) is 0 Å². The first-order valence-electron chi connectivity index (χ1n) is 23.2. The van der Waals surface area contributed by atoms with E-state index in [-0.39, 0.29) is 6.16 Å². The second-order valence-electron chi connectivity index (χ2n) is 16.1. The normalized spacial score (nSPS) is 11.9. The molecule has 306 valence electrons. The Hall–Kier alpha value is -0.830. The third-order valence-corrected chi connectivity index (χ3v) is 12.8. The van der Waals surface area contributed by atoms with E-state index in [9.17, 15) is 9.67 Å². The lowest BCUT2D eigenvalue weighted by Gasteiger charge is -2.19. The topological polar surface area (TPSA) is 55.8 Å². The van der Waals surface area contributed by atoms with Gasteiger partial charge >= 0.3 is 7.60 Å². The molecule has 0 amide bonds. The predicted molar refractivity (Wildman–Crippen MR) is 229 cm³/mol. The molecule has 52 heavy (non-hydrogen) atoms. The summed E-state index contributed by atoms with van der Waals surface area (Å²) in [4.78, 5) is 0. The molecule has 0 saturated carbocycles. The fourth-order valence-electron chi connectivity index (χ4n) is 7.36. The van der Waals surface area contributed by atoms with Gasteiger partial charge in [0, 0.05) is 0 Å². The molecular weight excluding hydrogens is 659 g/mol. The van der Waals surface area contributed by atoms with Crippen molar-refractivity contribution in [3.8, 4) is 5.75 Å². The molecule has 0 atom stereocenters. The van der Waals surface area contributed by atoms with Gasteiger partial charge in [-0.2, -0.15) is 0 Å². The molecule has 4 nitrogen and oxygen atoms in total. The van der Waals surface area contributed by atoms with Crippen LogP contribution in [-0.2, 0) is 26.2 Å². The Morgan fingerprint density at radius 2 is 0.750 bits per heavy atom. The van der Waals surface area contributed by atoms with E-state index in [1.807, 2.05) is 12.1 Å². The van der Waals surface area contributed by atoms with Crippen LogP contribution in [0.3, 0.4) is 0 Å². The van der Waals surface area contributed by atoms with E-state index >= 15 is 0 Å². The molecule has 0 aliphatic carbocycles. The van der Waals surface area contributed by atoms with Crippen molar-refractivity contribution < 1.29 is 18.7 Å². The standard InChI is InChI=1S/C47H89O4P/c1-4-7-10-12-14-16-18-20-22-24-26-28-30-32-34-36-41-50-52(49,44-45-39-40-47(48)46(43-45)38-9-6-3)51-42-37-35-33-31-29-27-25-23-21-19-17-15-13-11-8-5-2/h39-40,43,48H,4-38,41-42,44H2,1-3H3. The summed E-state index contributed by atoms with van der Waals surface area (Å²) in [6.07, 6.45) is 45.9. The van der Waals surface area contributed by atoms with E-state index in [2.05, 4.69) is 20.8 Å². The highest BCUT2D eigenvalue weighted by molar-refractivity contribution is 7.53. The Morgan fingerprint density at radius 1 is 0.442 bits per heavy atom. The van der Waals surface area contributed by atoms with Crippen LogP contribution in [0.5, 0.6) is 5.75 Å². The molecule has 0 spiro atoms. The van der Waals surface area contributed by atoms with E-state index in [0.29, 0.717) is 19.0 Å². The number of hydrogen-bond donors (Lipinski definition) is 1. The first-order chi connectivity index (χ1) is 25.5. The fraction of sp³-hybridized carbons (Fsp3) is 0.872. The number of unbranched alkanes of at least 4 members (excludes halogenated alkanes) is 31. The average molecular weight is 749 g/mol. The molecule has 1 aromatic rings. The summed E-state index contributed by atoms with van der Waals surface area (Å²) in [7, 11) is -3.26. The number of phenolic OH excluding ortho intramolecular Hbond substituents is 1. The maximum absolute atomic E-state index is 14.0. The second kappa shape index (κ2) is 37.1. The van der Waals surface area contributed by atoms with Gasteiger partial charge in [-0.15, -0.1) is 0 Å². The average Bonchev–Trinajstić information content (AvgIpc) is 3.14. The van der Waals surface area contributed by atoms with Crippen molar-refractivity contribution in [2.75, 3.05) is 13.2 Å². The summed E-state index contributed by atoms with van der Waals surface area (Å²) < 4.78 is 26.2. The molecule has 0 aromatic heterocycles. The highest BCUT2D eigenvalue weighted by Crippen LogP contribution is 2.52. The summed E-state index contributed by atoms with van der Waals surface area (Å²) in [5.74, 6) is 0.329. The SMILES string of the molecule is CCCCCCCCCCCCCCCCCCOP(=O)(Cc1ccc(O)c(CCCC)c1)OCCCCCCCCCCCCCCCCCC. The van der Waals surface area contributed by atoms with E-state index < -0.39 is 7.60 Å². The van der Waals surface area contributed by atoms with Gasteiger partial charge in [0.25, 0.3) is 0 Å². The van der Waals surface area contributed by atoms with Gasteiger partial charge in [-0.1, -0.05) is 232 Å². The van der Waals surface area contributed by atoms with Crippen molar-refractivity contribution in [2.24, 2.45) is 0 Å². The van der Waals surface area contributed by atoms with Gasteiger partial charge in [0.1, 0.15) is 5.75 Å². The fourth-order valence-corrected chi connectivity index (χ4v) is 9.08. The Labute approximate surface area is 325 Å². The highest BCUT2D eigenvalue weighted by atomic mass is 31.2. The van der Waals surface area contributed by atoms with Crippen molar-refractivity contribution in [1.29, 1.82) is 0 Å². The van der Waals surface area contributed by atoms with E-state index in [1.165, 1.54) is 180 Å². The van der Waals surface area contributed by atoms with E-state index in [1.54, 1.807) is 6.07 Å². The molecule has 0 aliphatic rings. The molecule has 1 N–H and O–H groups in total. The monoisotopic (exact) mass is 749 g/mol. The third kappa shape index (κ3) is 30.5. The van der Waals surface area contributed by atoms with Crippen LogP contribution in [0.2, 0.25) is 0 Å². The lowest BCUT2D eigenvalue weighted by Crippen LogP contribution is -2.03. The van der Waals surface area contributed by atoms with Crippen LogP contribution in [0, 0.1) is 0 Å². The van der Waals surface area contributed by atoms with Crippen LogP contribution >= 0.6 is 7.60 Å². The first-order valence-corrected chi connectivity index (χ1v) is 25.0. The largest absolute Gasteiger partial charge is 0.508 e. The summed E-state index contributed by atoms with van der Waals surface area (Å²) in [6, 6.07) is 5.64. The van der Waals surface area contributed by atoms with Gasteiger partial charge in [-0.3, -0.25) is 4.57 Å². The first kappa shape index (κ1) is 49.2. The van der Waals surface area contributed by atoms with E-state index in [4.69, 9.17) is 9.05 Å².